The first-order valence-corrected chi connectivity index (χ1v) is 11.2. The quantitative estimate of drug-likeness (QED) is 0.106. The van der Waals surface area contributed by atoms with Crippen LogP contribution in [0.4, 0.5) is 0 Å². The van der Waals surface area contributed by atoms with Crippen molar-refractivity contribution in [1.82, 2.24) is 0 Å². The van der Waals surface area contributed by atoms with Crippen molar-refractivity contribution in [3.8, 4) is 0 Å². The van der Waals surface area contributed by atoms with E-state index in [2.05, 4.69) is 38.2 Å². The standard InChI is InChI=1S/C18H33.C6H8O7.Na/c1-3-5-7-9-11-13-15-17-18-16-14-12-10-8-6-4-2;7-3(8)1-6(13,5(11)12)2-4(9)10;/h12,14,17-18H,1,3-11,13,15-16H2,2H3;13H,1-2H2,(H,7,8)(H,9,10)(H,11,12);/q-1;;+1/b14-12-,18-17-;;. The van der Waals surface area contributed by atoms with Crippen molar-refractivity contribution in [2.75, 3.05) is 0 Å². The molecular formula is C24H41NaO7. The summed E-state index contributed by atoms with van der Waals surface area (Å²) in [5.41, 5.74) is -2.74. The van der Waals surface area contributed by atoms with Crippen LogP contribution in [-0.2, 0) is 14.4 Å². The molecule has 0 atom stereocenters. The van der Waals surface area contributed by atoms with E-state index >= 15 is 0 Å². The van der Waals surface area contributed by atoms with E-state index in [1.54, 1.807) is 0 Å². The summed E-state index contributed by atoms with van der Waals surface area (Å²) >= 11 is 0. The fraction of sp³-hybridized carbons (Fsp3) is 0.667. The number of carbonyl (C=O) groups is 3. The zero-order valence-corrected chi connectivity index (χ0v) is 21.9. The predicted octanol–water partition coefficient (Wildman–Crippen LogP) is 2.39. The largest absolute Gasteiger partial charge is 1.00 e. The fourth-order valence-electron chi connectivity index (χ4n) is 2.70. The Morgan fingerprint density at radius 2 is 1.19 bits per heavy atom. The van der Waals surface area contributed by atoms with E-state index in [1.807, 2.05) is 0 Å². The van der Waals surface area contributed by atoms with Gasteiger partial charge in [0.15, 0.2) is 5.60 Å². The van der Waals surface area contributed by atoms with Gasteiger partial charge in [-0.2, -0.15) is 6.42 Å². The molecule has 0 aromatic rings. The molecule has 0 saturated carbocycles. The van der Waals surface area contributed by atoms with Gasteiger partial charge in [-0.25, -0.2) is 4.79 Å². The van der Waals surface area contributed by atoms with Crippen LogP contribution < -0.4 is 29.6 Å². The molecule has 7 nitrogen and oxygen atoms in total. The molecule has 0 bridgehead atoms. The Hall–Kier alpha value is -1.15. The molecule has 0 unspecified atom stereocenters. The molecule has 0 aliphatic carbocycles. The van der Waals surface area contributed by atoms with Crippen LogP contribution in [0.1, 0.15) is 96.8 Å². The molecule has 8 heteroatoms. The van der Waals surface area contributed by atoms with Gasteiger partial charge in [-0.1, -0.05) is 69.8 Å². The Labute approximate surface area is 215 Å². The molecule has 0 aromatic carbocycles. The minimum Gasteiger partial charge on any atom is -0.481 e. The average molecular weight is 465 g/mol. The van der Waals surface area contributed by atoms with E-state index in [4.69, 9.17) is 20.4 Å². The summed E-state index contributed by atoms with van der Waals surface area (Å²) in [6, 6.07) is 0. The third-order valence-corrected chi connectivity index (χ3v) is 4.49. The summed E-state index contributed by atoms with van der Waals surface area (Å²) in [5, 5.41) is 33.8. The van der Waals surface area contributed by atoms with Gasteiger partial charge < -0.3 is 27.3 Å². The third kappa shape index (κ3) is 25.1. The molecule has 0 aromatic heterocycles. The minimum atomic E-state index is -2.74. The van der Waals surface area contributed by atoms with Gasteiger partial charge in [-0.15, -0.1) is 0 Å². The molecule has 0 heterocycles. The molecule has 0 saturated heterocycles. The van der Waals surface area contributed by atoms with Crippen molar-refractivity contribution in [3.05, 3.63) is 31.2 Å². The molecule has 0 aliphatic rings. The summed E-state index contributed by atoms with van der Waals surface area (Å²) in [6.45, 7) is 6.12. The molecule has 180 valence electrons. The second kappa shape index (κ2) is 24.5. The Morgan fingerprint density at radius 3 is 1.59 bits per heavy atom. The maximum atomic E-state index is 10.3. The summed E-state index contributed by atoms with van der Waals surface area (Å²) in [7, 11) is 0. The van der Waals surface area contributed by atoms with Gasteiger partial charge in [0.25, 0.3) is 0 Å². The molecule has 0 rings (SSSR count). The van der Waals surface area contributed by atoms with Crippen molar-refractivity contribution >= 4 is 17.9 Å². The predicted molar refractivity (Wildman–Crippen MR) is 122 cm³/mol. The molecule has 32 heavy (non-hydrogen) atoms. The number of rotatable bonds is 18. The minimum absolute atomic E-state index is 0. The van der Waals surface area contributed by atoms with Crippen LogP contribution in [0.3, 0.4) is 0 Å². The van der Waals surface area contributed by atoms with E-state index in [9.17, 15) is 14.4 Å². The molecule has 0 radical (unpaired) electrons. The van der Waals surface area contributed by atoms with E-state index in [0.29, 0.717) is 0 Å². The number of carboxylic acid groups (broad SMARTS) is 3. The Bertz CT molecular complexity index is 528. The van der Waals surface area contributed by atoms with Gasteiger partial charge in [0.2, 0.25) is 0 Å². The van der Waals surface area contributed by atoms with Gasteiger partial charge in [-0.05, 0) is 32.1 Å². The van der Waals surface area contributed by atoms with Gasteiger partial charge in [-0.3, -0.25) is 9.59 Å². The van der Waals surface area contributed by atoms with Crippen molar-refractivity contribution in [1.29, 1.82) is 0 Å². The number of hydrogen-bond donors (Lipinski definition) is 4. The molecule has 0 fully saturated rings. The van der Waals surface area contributed by atoms with Crippen LogP contribution in [0.15, 0.2) is 24.3 Å². The topological polar surface area (TPSA) is 132 Å². The number of aliphatic hydroxyl groups is 1. The number of carboxylic acids is 3. The van der Waals surface area contributed by atoms with Crippen LogP contribution in [0.25, 0.3) is 0 Å². The van der Waals surface area contributed by atoms with Crippen LogP contribution in [0.2, 0.25) is 0 Å². The van der Waals surface area contributed by atoms with E-state index in [1.165, 1.54) is 64.2 Å². The summed E-state index contributed by atoms with van der Waals surface area (Å²) in [4.78, 5) is 30.5. The molecule has 4 N–H and O–H groups in total. The third-order valence-electron chi connectivity index (χ3n) is 4.49. The number of hydrogen-bond acceptors (Lipinski definition) is 4. The first-order chi connectivity index (χ1) is 14.7. The number of unbranched alkanes of at least 4 members (excludes halogenated alkanes) is 9. The van der Waals surface area contributed by atoms with Gasteiger partial charge in [0, 0.05) is 0 Å². The second-order valence-corrected chi connectivity index (χ2v) is 7.56. The van der Waals surface area contributed by atoms with Gasteiger partial charge in [0.1, 0.15) is 0 Å². The van der Waals surface area contributed by atoms with E-state index < -0.39 is 36.4 Å². The van der Waals surface area contributed by atoms with E-state index in [-0.39, 0.29) is 29.6 Å². The maximum absolute atomic E-state index is 10.3. The normalized spacial score (nSPS) is 11.1. The van der Waals surface area contributed by atoms with Crippen molar-refractivity contribution < 1.29 is 64.4 Å². The summed E-state index contributed by atoms with van der Waals surface area (Å²) < 4.78 is 0. The van der Waals surface area contributed by atoms with Crippen LogP contribution in [0.5, 0.6) is 0 Å². The molecule has 0 spiro atoms. The zero-order valence-electron chi connectivity index (χ0n) is 19.9. The first kappa shape index (κ1) is 35.4. The number of aliphatic carboxylic acids is 3. The van der Waals surface area contributed by atoms with E-state index in [0.717, 1.165) is 12.8 Å². The molecular weight excluding hydrogens is 423 g/mol. The van der Waals surface area contributed by atoms with Gasteiger partial charge >= 0.3 is 47.5 Å². The Kier molecular flexibility index (Phi) is 27.1. The van der Waals surface area contributed by atoms with Gasteiger partial charge in [0.05, 0.1) is 12.8 Å². The second-order valence-electron chi connectivity index (χ2n) is 7.56. The molecule has 0 amide bonds. The van der Waals surface area contributed by atoms with Crippen molar-refractivity contribution in [2.45, 2.75) is 102 Å². The maximum Gasteiger partial charge on any atom is 1.00 e. The average Bonchev–Trinajstić information content (AvgIpc) is 2.67. The smallest absolute Gasteiger partial charge is 0.481 e. The SMILES string of the molecule is O=C(O)CC(O)(CC(=O)O)C(=O)O.[CH2-]CCCCCCC/C=C\C/C=C\CCCCC.[Na+]. The number of allylic oxidation sites excluding steroid dienone is 4. The summed E-state index contributed by atoms with van der Waals surface area (Å²) in [6.07, 6.45) is 22.6. The summed E-state index contributed by atoms with van der Waals surface area (Å²) in [5.74, 6) is -5.02. The first-order valence-electron chi connectivity index (χ1n) is 11.2. The fourth-order valence-corrected chi connectivity index (χ4v) is 2.70. The van der Waals surface area contributed by atoms with Crippen molar-refractivity contribution in [3.63, 3.8) is 0 Å². The zero-order chi connectivity index (χ0) is 24.0. The van der Waals surface area contributed by atoms with Crippen LogP contribution in [0, 0.1) is 6.92 Å². The molecule has 0 aliphatic heterocycles. The van der Waals surface area contributed by atoms with Crippen molar-refractivity contribution in [2.24, 2.45) is 0 Å². The van der Waals surface area contributed by atoms with Crippen LogP contribution in [-0.4, -0.2) is 43.9 Å². The Balaban J connectivity index is -0.000000535. The monoisotopic (exact) mass is 464 g/mol. The Morgan fingerprint density at radius 1 is 0.750 bits per heavy atom. The van der Waals surface area contributed by atoms with Crippen LogP contribution >= 0.6 is 0 Å².